The number of ether oxygens (including phenoxy) is 2. The van der Waals surface area contributed by atoms with E-state index in [2.05, 4.69) is 15.9 Å². The Morgan fingerprint density at radius 1 is 1.08 bits per heavy atom. The average molecular weight is 403 g/mol. The first-order valence-corrected chi connectivity index (χ1v) is 9.06. The molecule has 0 aromatic heterocycles. The molecule has 3 rings (SSSR count). The van der Waals surface area contributed by atoms with Crippen molar-refractivity contribution >= 4 is 27.7 Å². The number of hydrogen-bond donors (Lipinski definition) is 0. The van der Waals surface area contributed by atoms with E-state index in [-0.39, 0.29) is 12.4 Å². The predicted octanol–water partition coefficient (Wildman–Crippen LogP) is 4.13. The van der Waals surface area contributed by atoms with Gasteiger partial charge in [-0.25, -0.2) is 4.79 Å². The number of benzene rings is 2. The number of ketones is 1. The lowest BCUT2D eigenvalue weighted by molar-refractivity contribution is -0.148. The number of carbonyl (C=O) groups is 2. The van der Waals surface area contributed by atoms with Crippen LogP contribution in [0.15, 0.2) is 46.9 Å². The molecule has 1 aliphatic rings. The lowest BCUT2D eigenvalue weighted by Gasteiger charge is -2.13. The monoisotopic (exact) mass is 402 g/mol. The number of esters is 1. The summed E-state index contributed by atoms with van der Waals surface area (Å²) < 4.78 is 11.5. The Kier molecular flexibility index (Phi) is 5.53. The normalized spacial score (nSPS) is 13.8. The molecule has 0 bridgehead atoms. The highest BCUT2D eigenvalue weighted by atomic mass is 79.9. The van der Waals surface area contributed by atoms with Gasteiger partial charge < -0.3 is 9.47 Å². The second kappa shape index (κ2) is 7.83. The Hall–Kier alpha value is -2.14. The zero-order valence-electron chi connectivity index (χ0n) is 14.0. The highest BCUT2D eigenvalue weighted by Crippen LogP contribution is 2.23. The summed E-state index contributed by atoms with van der Waals surface area (Å²) in [5, 5.41) is 0. The van der Waals surface area contributed by atoms with Gasteiger partial charge in [-0.2, -0.15) is 0 Å². The number of aryl methyl sites for hydroxylation is 2. The summed E-state index contributed by atoms with van der Waals surface area (Å²) in [4.78, 5) is 24.4. The van der Waals surface area contributed by atoms with E-state index in [9.17, 15) is 9.59 Å². The van der Waals surface area contributed by atoms with E-state index in [4.69, 9.17) is 9.47 Å². The number of hydrogen-bond acceptors (Lipinski definition) is 4. The smallest absolute Gasteiger partial charge is 0.344 e. The van der Waals surface area contributed by atoms with Crippen molar-refractivity contribution in [3.63, 3.8) is 0 Å². The molecule has 0 amide bonds. The molecule has 0 radical (unpaired) electrons. The predicted molar refractivity (Wildman–Crippen MR) is 98.0 cm³/mol. The maximum Gasteiger partial charge on any atom is 0.344 e. The summed E-state index contributed by atoms with van der Waals surface area (Å²) in [6, 6.07) is 12.9. The molecule has 0 spiro atoms. The lowest BCUT2D eigenvalue weighted by atomic mass is 10.0. The van der Waals surface area contributed by atoms with Crippen molar-refractivity contribution in [1.82, 2.24) is 0 Å². The van der Waals surface area contributed by atoms with E-state index in [0.29, 0.717) is 11.3 Å². The van der Waals surface area contributed by atoms with Gasteiger partial charge in [0, 0.05) is 10.0 Å². The zero-order valence-corrected chi connectivity index (χ0v) is 15.5. The topological polar surface area (TPSA) is 52.6 Å². The van der Waals surface area contributed by atoms with E-state index in [1.807, 2.05) is 30.3 Å². The first-order valence-electron chi connectivity index (χ1n) is 8.27. The molecule has 5 heteroatoms. The zero-order chi connectivity index (χ0) is 17.8. The van der Waals surface area contributed by atoms with Crippen molar-refractivity contribution in [2.75, 3.05) is 6.61 Å². The summed E-state index contributed by atoms with van der Waals surface area (Å²) in [6.45, 7) is 1.36. The molecule has 0 unspecified atom stereocenters. The van der Waals surface area contributed by atoms with E-state index >= 15 is 0 Å². The Balaban J connectivity index is 1.54. The Morgan fingerprint density at radius 2 is 1.80 bits per heavy atom. The quantitative estimate of drug-likeness (QED) is 0.538. The molecule has 0 saturated carbocycles. The fraction of sp³-hybridized carbons (Fsp3) is 0.300. The molecule has 0 N–H and O–H groups in total. The molecule has 0 fully saturated rings. The summed E-state index contributed by atoms with van der Waals surface area (Å²) in [5.41, 5.74) is 3.13. The molecular formula is C20H19BrO4. The lowest BCUT2D eigenvalue weighted by Crippen LogP contribution is -2.27. The molecule has 25 heavy (non-hydrogen) atoms. The van der Waals surface area contributed by atoms with Gasteiger partial charge in [-0.15, -0.1) is 0 Å². The van der Waals surface area contributed by atoms with E-state index in [1.165, 1.54) is 11.1 Å². The number of carbonyl (C=O) groups excluding carboxylic acids is 2. The molecule has 1 aliphatic carbocycles. The van der Waals surface area contributed by atoms with E-state index in [1.54, 1.807) is 19.1 Å². The van der Waals surface area contributed by atoms with Crippen LogP contribution >= 0.6 is 15.9 Å². The number of halogens is 1. The van der Waals surface area contributed by atoms with Crippen molar-refractivity contribution < 1.29 is 19.1 Å². The van der Waals surface area contributed by atoms with Gasteiger partial charge >= 0.3 is 5.97 Å². The van der Waals surface area contributed by atoms with Crippen LogP contribution in [0, 0.1) is 0 Å². The van der Waals surface area contributed by atoms with E-state index < -0.39 is 12.1 Å². The molecule has 0 heterocycles. The van der Waals surface area contributed by atoms with Crippen molar-refractivity contribution in [2.24, 2.45) is 0 Å². The molecule has 1 atom stereocenters. The van der Waals surface area contributed by atoms with Crippen LogP contribution in [-0.4, -0.2) is 24.5 Å². The maximum atomic E-state index is 12.5. The average Bonchev–Trinajstić information content (AvgIpc) is 3.08. The van der Waals surface area contributed by atoms with Crippen LogP contribution in [0.2, 0.25) is 0 Å². The molecule has 4 nitrogen and oxygen atoms in total. The Bertz CT molecular complexity index is 783. The van der Waals surface area contributed by atoms with Gasteiger partial charge in [-0.05, 0) is 67.6 Å². The van der Waals surface area contributed by atoms with Gasteiger partial charge in [0.15, 0.2) is 12.7 Å². The van der Waals surface area contributed by atoms with Gasteiger partial charge in [0.05, 0.1) is 0 Å². The minimum atomic E-state index is -0.833. The van der Waals surface area contributed by atoms with E-state index in [0.717, 1.165) is 23.7 Å². The van der Waals surface area contributed by atoms with Gasteiger partial charge in [0.1, 0.15) is 5.75 Å². The summed E-state index contributed by atoms with van der Waals surface area (Å²) >= 11 is 3.33. The minimum absolute atomic E-state index is 0.188. The maximum absolute atomic E-state index is 12.5. The molecule has 0 aliphatic heterocycles. The van der Waals surface area contributed by atoms with Crippen LogP contribution in [0.3, 0.4) is 0 Å². The third-order valence-corrected chi connectivity index (χ3v) is 4.76. The van der Waals surface area contributed by atoms with Crippen LogP contribution in [0.1, 0.15) is 34.8 Å². The SMILES string of the molecule is C[C@H](OC(=O)COc1ccc(Br)cc1)C(=O)c1ccc2c(c1)CCC2. The fourth-order valence-electron chi connectivity index (χ4n) is 2.92. The minimum Gasteiger partial charge on any atom is -0.482 e. The standard InChI is InChI=1S/C20H19BrO4/c1-13(20(23)16-6-5-14-3-2-4-15(14)11-16)25-19(22)12-24-18-9-7-17(21)8-10-18/h5-11,13H,2-4,12H2,1H3/t13-/m0/s1. The third kappa shape index (κ3) is 4.48. The molecule has 130 valence electrons. The largest absolute Gasteiger partial charge is 0.482 e. The summed E-state index contributed by atoms with van der Waals surface area (Å²) in [6.07, 6.45) is 2.37. The molecule has 2 aromatic rings. The fourth-order valence-corrected chi connectivity index (χ4v) is 3.18. The van der Waals surface area contributed by atoms with Crippen molar-refractivity contribution in [2.45, 2.75) is 32.3 Å². The highest BCUT2D eigenvalue weighted by molar-refractivity contribution is 9.10. The van der Waals surface area contributed by atoms with Gasteiger partial charge in [0.2, 0.25) is 5.78 Å². The Labute approximate surface area is 155 Å². The van der Waals surface area contributed by atoms with Gasteiger partial charge in [0.25, 0.3) is 0 Å². The van der Waals surface area contributed by atoms with Crippen LogP contribution in [0.25, 0.3) is 0 Å². The first-order chi connectivity index (χ1) is 12.0. The van der Waals surface area contributed by atoms with Crippen molar-refractivity contribution in [3.05, 3.63) is 63.6 Å². The second-order valence-electron chi connectivity index (χ2n) is 6.08. The first kappa shape index (κ1) is 17.7. The number of Topliss-reactive ketones (excluding diaryl/α,β-unsaturated/α-hetero) is 1. The van der Waals surface area contributed by atoms with Crippen molar-refractivity contribution in [1.29, 1.82) is 0 Å². The Morgan fingerprint density at radius 3 is 2.56 bits per heavy atom. The molecule has 0 saturated heterocycles. The van der Waals surface area contributed by atoms with Crippen LogP contribution in [0.4, 0.5) is 0 Å². The number of rotatable bonds is 6. The second-order valence-corrected chi connectivity index (χ2v) is 6.99. The molecular weight excluding hydrogens is 384 g/mol. The van der Waals surface area contributed by atoms with Crippen molar-refractivity contribution in [3.8, 4) is 5.75 Å². The highest BCUT2D eigenvalue weighted by Gasteiger charge is 2.21. The van der Waals surface area contributed by atoms with Gasteiger partial charge in [-0.1, -0.05) is 28.1 Å². The molecule has 2 aromatic carbocycles. The summed E-state index contributed by atoms with van der Waals surface area (Å²) in [7, 11) is 0. The van der Waals surface area contributed by atoms with Crippen LogP contribution in [-0.2, 0) is 22.4 Å². The third-order valence-electron chi connectivity index (χ3n) is 4.23. The summed E-state index contributed by atoms with van der Waals surface area (Å²) in [5.74, 6) is -0.186. The van der Waals surface area contributed by atoms with Crippen LogP contribution in [0.5, 0.6) is 5.75 Å². The van der Waals surface area contributed by atoms with Gasteiger partial charge in [-0.3, -0.25) is 4.79 Å². The van der Waals surface area contributed by atoms with Crippen LogP contribution < -0.4 is 4.74 Å². The number of fused-ring (bicyclic) bond motifs is 1.